The third-order valence-corrected chi connectivity index (χ3v) is 3.45. The molecule has 5 heteroatoms. The Morgan fingerprint density at radius 1 is 1.44 bits per heavy atom. The molecule has 1 rings (SSSR count). The van der Waals surface area contributed by atoms with Crippen LogP contribution in [0.1, 0.15) is 26.3 Å². The van der Waals surface area contributed by atoms with Crippen molar-refractivity contribution in [1.82, 2.24) is 0 Å². The lowest BCUT2D eigenvalue weighted by atomic mass is 10.2. The molecular formula is C11H13ClFNOS. The zero-order chi connectivity index (χ0) is 12.3. The molecule has 0 aliphatic carbocycles. The highest BCUT2D eigenvalue weighted by molar-refractivity contribution is 7.91. The molecule has 0 aliphatic rings. The van der Waals surface area contributed by atoms with Crippen molar-refractivity contribution in [3.8, 4) is 0 Å². The Kier molecular flexibility index (Phi) is 4.35. The normalized spacial score (nSPS) is 14.4. The van der Waals surface area contributed by atoms with Gasteiger partial charge in [0.05, 0.1) is 11.2 Å². The molecule has 2 nitrogen and oxygen atoms in total. The van der Waals surface area contributed by atoms with Crippen molar-refractivity contribution in [3.63, 3.8) is 0 Å². The van der Waals surface area contributed by atoms with Gasteiger partial charge in [-0.3, -0.25) is 0 Å². The van der Waals surface area contributed by atoms with Crippen LogP contribution in [0.25, 0.3) is 0 Å². The van der Waals surface area contributed by atoms with E-state index in [0.717, 1.165) is 0 Å². The van der Waals surface area contributed by atoms with Gasteiger partial charge in [0.25, 0.3) is 0 Å². The molecule has 0 fully saturated rings. The highest BCUT2D eigenvalue weighted by atomic mass is 35.5. The van der Waals surface area contributed by atoms with E-state index in [0.29, 0.717) is 5.56 Å². The summed E-state index contributed by atoms with van der Waals surface area (Å²) in [5.41, 5.74) is 0.556. The Morgan fingerprint density at radius 2 is 2.06 bits per heavy atom. The minimum absolute atomic E-state index is 0.259. The first-order chi connectivity index (χ1) is 7.30. The van der Waals surface area contributed by atoms with Crippen LogP contribution < -0.4 is 0 Å². The molecule has 0 bridgehead atoms. The van der Waals surface area contributed by atoms with Gasteiger partial charge in [0.15, 0.2) is 0 Å². The van der Waals surface area contributed by atoms with E-state index in [1.54, 1.807) is 0 Å². The maximum absolute atomic E-state index is 12.7. The predicted octanol–water partition coefficient (Wildman–Crippen LogP) is 3.36. The van der Waals surface area contributed by atoms with E-state index in [2.05, 4.69) is 4.40 Å². The fourth-order valence-electron chi connectivity index (χ4n) is 0.869. The van der Waals surface area contributed by atoms with Gasteiger partial charge in [-0.2, -0.15) is 0 Å². The van der Waals surface area contributed by atoms with Crippen LogP contribution in [0.15, 0.2) is 22.6 Å². The topological polar surface area (TPSA) is 35.4 Å². The Morgan fingerprint density at radius 3 is 2.56 bits per heavy atom. The van der Waals surface area contributed by atoms with Crippen LogP contribution in [0, 0.1) is 5.82 Å². The van der Waals surface area contributed by atoms with Gasteiger partial charge in [0, 0.05) is 5.56 Å². The van der Waals surface area contributed by atoms with Gasteiger partial charge in [0.2, 0.25) is 0 Å². The van der Waals surface area contributed by atoms with Crippen molar-refractivity contribution in [2.24, 2.45) is 4.40 Å². The minimum atomic E-state index is -1.33. The molecule has 0 heterocycles. The van der Waals surface area contributed by atoms with E-state index in [1.165, 1.54) is 24.4 Å². The molecular weight excluding hydrogens is 249 g/mol. The van der Waals surface area contributed by atoms with E-state index in [9.17, 15) is 8.94 Å². The molecule has 1 unspecified atom stereocenters. The Bertz CT molecular complexity index is 403. The fraction of sp³-hybridized carbons (Fsp3) is 0.364. The monoisotopic (exact) mass is 261 g/mol. The van der Waals surface area contributed by atoms with E-state index >= 15 is 0 Å². The van der Waals surface area contributed by atoms with Crippen LogP contribution in [-0.4, -0.2) is 15.5 Å². The zero-order valence-electron chi connectivity index (χ0n) is 9.33. The summed E-state index contributed by atoms with van der Waals surface area (Å²) in [6.45, 7) is 5.48. The lowest BCUT2D eigenvalue weighted by Gasteiger charge is -2.17. The number of nitrogens with zero attached hydrogens (tertiary/aromatic N) is 1. The Hall–Kier alpha value is -0.580. The molecule has 0 spiro atoms. The third-order valence-electron chi connectivity index (χ3n) is 1.77. The summed E-state index contributed by atoms with van der Waals surface area (Å²) < 4.78 is 27.8. The second-order valence-corrected chi connectivity index (χ2v) is 6.60. The number of benzene rings is 1. The maximum Gasteiger partial charge on any atom is 0.144 e. The SMILES string of the molecule is CC(C)(C)[S+]([O-])/N=C/c1ccc(F)cc1Cl. The van der Waals surface area contributed by atoms with Crippen LogP contribution in [0.2, 0.25) is 5.02 Å². The molecule has 0 radical (unpaired) electrons. The third kappa shape index (κ3) is 3.77. The van der Waals surface area contributed by atoms with Crippen molar-refractivity contribution in [1.29, 1.82) is 0 Å². The van der Waals surface area contributed by atoms with Crippen molar-refractivity contribution in [3.05, 3.63) is 34.6 Å². The summed E-state index contributed by atoms with van der Waals surface area (Å²) in [5, 5.41) is 0.259. The standard InChI is InChI=1S/C11H13ClFNOS/c1-11(2,3)16(15)14-7-8-4-5-9(13)6-10(8)12/h4-7H,1-3H3/b14-7+. The smallest absolute Gasteiger partial charge is 0.144 e. The fourth-order valence-corrected chi connectivity index (χ4v) is 1.61. The van der Waals surface area contributed by atoms with E-state index < -0.39 is 21.9 Å². The van der Waals surface area contributed by atoms with Crippen LogP contribution in [0.3, 0.4) is 0 Å². The molecule has 0 saturated heterocycles. The zero-order valence-corrected chi connectivity index (χ0v) is 10.9. The second-order valence-electron chi connectivity index (χ2n) is 4.26. The first-order valence-corrected chi connectivity index (χ1v) is 6.20. The molecule has 1 aromatic rings. The average molecular weight is 262 g/mol. The van der Waals surface area contributed by atoms with Crippen molar-refractivity contribution in [2.75, 3.05) is 0 Å². The Balaban J connectivity index is 2.85. The molecule has 0 amide bonds. The van der Waals surface area contributed by atoms with Gasteiger partial charge in [-0.1, -0.05) is 16.0 Å². The number of hydrogen-bond donors (Lipinski definition) is 0. The molecule has 0 aromatic heterocycles. The van der Waals surface area contributed by atoms with Crippen molar-refractivity contribution in [2.45, 2.75) is 25.5 Å². The van der Waals surface area contributed by atoms with Crippen LogP contribution in [0.5, 0.6) is 0 Å². The van der Waals surface area contributed by atoms with Gasteiger partial charge >= 0.3 is 0 Å². The van der Waals surface area contributed by atoms with E-state index in [4.69, 9.17) is 11.6 Å². The second kappa shape index (κ2) is 5.17. The van der Waals surface area contributed by atoms with Gasteiger partial charge in [0.1, 0.15) is 21.9 Å². The van der Waals surface area contributed by atoms with Gasteiger partial charge in [-0.15, -0.1) is 0 Å². The number of hydrogen-bond acceptors (Lipinski definition) is 2. The lowest BCUT2D eigenvalue weighted by Crippen LogP contribution is -2.25. The van der Waals surface area contributed by atoms with Gasteiger partial charge in [-0.25, -0.2) is 4.39 Å². The summed E-state index contributed by atoms with van der Waals surface area (Å²) in [4.78, 5) is 0. The summed E-state index contributed by atoms with van der Waals surface area (Å²) in [6, 6.07) is 3.98. The van der Waals surface area contributed by atoms with E-state index in [-0.39, 0.29) is 5.02 Å². The number of rotatable bonds is 2. The first kappa shape index (κ1) is 13.5. The van der Waals surface area contributed by atoms with Gasteiger partial charge < -0.3 is 4.55 Å². The quantitative estimate of drug-likeness (QED) is 0.594. The van der Waals surface area contributed by atoms with E-state index in [1.807, 2.05) is 20.8 Å². The predicted molar refractivity (Wildman–Crippen MR) is 66.9 cm³/mol. The molecule has 1 atom stereocenters. The minimum Gasteiger partial charge on any atom is -0.591 e. The van der Waals surface area contributed by atoms with Crippen molar-refractivity contribution >= 4 is 29.2 Å². The first-order valence-electron chi connectivity index (χ1n) is 4.72. The molecule has 0 aliphatic heterocycles. The van der Waals surface area contributed by atoms with Crippen LogP contribution in [-0.2, 0) is 11.4 Å². The summed E-state index contributed by atoms with van der Waals surface area (Å²) in [5.74, 6) is -0.404. The highest BCUT2D eigenvalue weighted by Crippen LogP contribution is 2.19. The maximum atomic E-state index is 12.7. The average Bonchev–Trinajstić information content (AvgIpc) is 2.14. The highest BCUT2D eigenvalue weighted by Gasteiger charge is 2.25. The van der Waals surface area contributed by atoms with Crippen LogP contribution >= 0.6 is 11.6 Å². The van der Waals surface area contributed by atoms with Crippen molar-refractivity contribution < 1.29 is 8.94 Å². The molecule has 1 aromatic carbocycles. The summed E-state index contributed by atoms with van der Waals surface area (Å²) in [7, 11) is 0. The van der Waals surface area contributed by atoms with Crippen LogP contribution in [0.4, 0.5) is 4.39 Å². The summed E-state index contributed by atoms with van der Waals surface area (Å²) in [6.07, 6.45) is 1.41. The molecule has 0 saturated carbocycles. The molecule has 88 valence electrons. The summed E-state index contributed by atoms with van der Waals surface area (Å²) >= 11 is 4.46. The number of halogens is 2. The van der Waals surface area contributed by atoms with Gasteiger partial charge in [-0.05, 0) is 39.0 Å². The molecule has 16 heavy (non-hydrogen) atoms. The molecule has 0 N–H and O–H groups in total. The Labute approximate surface area is 103 Å². The lowest BCUT2D eigenvalue weighted by molar-refractivity contribution is 0.562. The largest absolute Gasteiger partial charge is 0.591 e.